The van der Waals surface area contributed by atoms with Gasteiger partial charge in [0.15, 0.2) is 10.6 Å². The van der Waals surface area contributed by atoms with Crippen LogP contribution in [0, 0.1) is 6.92 Å². The van der Waals surface area contributed by atoms with Crippen molar-refractivity contribution in [1.29, 1.82) is 0 Å². The second-order valence-corrected chi connectivity index (χ2v) is 5.73. The maximum Gasteiger partial charge on any atom is 0.416 e. The number of halogens is 3. The van der Waals surface area contributed by atoms with Crippen molar-refractivity contribution in [2.45, 2.75) is 33.5 Å². The van der Waals surface area contributed by atoms with Crippen molar-refractivity contribution in [3.05, 3.63) is 45.2 Å². The minimum Gasteiger partial charge on any atom is -0.321 e. The van der Waals surface area contributed by atoms with Crippen molar-refractivity contribution >= 4 is 22.8 Å². The number of ketones is 1. The van der Waals surface area contributed by atoms with Crippen LogP contribution in [0.25, 0.3) is 0 Å². The molecule has 7 heteroatoms. The molecule has 118 valence electrons. The van der Waals surface area contributed by atoms with Gasteiger partial charge in [0.1, 0.15) is 0 Å². The first-order valence-corrected chi connectivity index (χ1v) is 7.48. The van der Waals surface area contributed by atoms with E-state index in [0.29, 0.717) is 21.9 Å². The molecule has 2 aromatic rings. The Kier molecular flexibility index (Phi) is 4.55. The molecule has 0 amide bonds. The third kappa shape index (κ3) is 3.30. The highest BCUT2D eigenvalue weighted by Gasteiger charge is 2.29. The van der Waals surface area contributed by atoms with Crippen LogP contribution < -0.4 is 4.80 Å². The summed E-state index contributed by atoms with van der Waals surface area (Å²) in [5, 5.41) is 0. The van der Waals surface area contributed by atoms with E-state index in [9.17, 15) is 18.0 Å². The molecule has 0 saturated carbocycles. The SMILES string of the molecule is CCn1c(C)c(C(C)=O)sc1=Nc1ccc(C(F)(F)F)cc1. The fraction of sp³-hybridized carbons (Fsp3) is 0.333. The van der Waals surface area contributed by atoms with Gasteiger partial charge in [-0.05, 0) is 38.1 Å². The molecule has 0 spiro atoms. The summed E-state index contributed by atoms with van der Waals surface area (Å²) in [7, 11) is 0. The maximum absolute atomic E-state index is 12.5. The lowest BCUT2D eigenvalue weighted by Crippen LogP contribution is -2.14. The molecule has 0 fully saturated rings. The average Bonchev–Trinajstić information content (AvgIpc) is 2.74. The summed E-state index contributed by atoms with van der Waals surface area (Å²) in [5.74, 6) is -0.0430. The van der Waals surface area contributed by atoms with E-state index in [1.54, 1.807) is 0 Å². The van der Waals surface area contributed by atoms with Crippen LogP contribution in [-0.4, -0.2) is 10.4 Å². The van der Waals surface area contributed by atoms with E-state index < -0.39 is 11.7 Å². The molecule has 0 atom stereocenters. The van der Waals surface area contributed by atoms with E-state index in [0.717, 1.165) is 17.8 Å². The van der Waals surface area contributed by atoms with Crippen LogP contribution in [-0.2, 0) is 12.7 Å². The molecule has 1 heterocycles. The first-order chi connectivity index (χ1) is 10.2. The van der Waals surface area contributed by atoms with Crippen LogP contribution in [0.4, 0.5) is 18.9 Å². The first kappa shape index (κ1) is 16.5. The standard InChI is InChI=1S/C15H15F3N2OS/c1-4-20-9(2)13(10(3)21)22-14(20)19-12-7-5-11(6-8-12)15(16,17)18/h5-8H,4H2,1-3H3. The van der Waals surface area contributed by atoms with Gasteiger partial charge in [-0.2, -0.15) is 13.2 Å². The van der Waals surface area contributed by atoms with Crippen LogP contribution in [0.5, 0.6) is 0 Å². The average molecular weight is 328 g/mol. The van der Waals surface area contributed by atoms with Crippen LogP contribution in [0.1, 0.15) is 34.8 Å². The Morgan fingerprint density at radius 1 is 1.27 bits per heavy atom. The number of hydrogen-bond acceptors (Lipinski definition) is 3. The monoisotopic (exact) mass is 328 g/mol. The summed E-state index contributed by atoms with van der Waals surface area (Å²) in [5.41, 5.74) is 0.541. The summed E-state index contributed by atoms with van der Waals surface area (Å²) < 4.78 is 39.5. The topological polar surface area (TPSA) is 34.4 Å². The molecule has 0 aliphatic carbocycles. The first-order valence-electron chi connectivity index (χ1n) is 6.67. The Labute approximate surface area is 129 Å². The number of Topliss-reactive ketones (excluding diaryl/α,β-unsaturated/α-hetero) is 1. The summed E-state index contributed by atoms with van der Waals surface area (Å²) in [6.07, 6.45) is -4.36. The van der Waals surface area contributed by atoms with Gasteiger partial charge in [0.05, 0.1) is 16.1 Å². The van der Waals surface area contributed by atoms with Gasteiger partial charge in [-0.15, -0.1) is 0 Å². The molecule has 1 aromatic carbocycles. The highest BCUT2D eigenvalue weighted by molar-refractivity contribution is 7.11. The van der Waals surface area contributed by atoms with Gasteiger partial charge in [-0.1, -0.05) is 11.3 Å². The number of benzene rings is 1. The van der Waals surface area contributed by atoms with E-state index in [4.69, 9.17) is 0 Å². The molecule has 1 aromatic heterocycles. The van der Waals surface area contributed by atoms with E-state index >= 15 is 0 Å². The third-order valence-electron chi connectivity index (χ3n) is 3.21. The summed E-state index contributed by atoms with van der Waals surface area (Å²) in [4.78, 5) is 17.2. The predicted molar refractivity (Wildman–Crippen MR) is 79.4 cm³/mol. The molecule has 0 radical (unpaired) electrons. The summed E-state index contributed by atoms with van der Waals surface area (Å²) in [6, 6.07) is 4.65. The maximum atomic E-state index is 12.5. The number of rotatable bonds is 3. The number of nitrogens with zero attached hydrogens (tertiary/aromatic N) is 2. The molecule has 0 aliphatic heterocycles. The van der Waals surface area contributed by atoms with Gasteiger partial charge < -0.3 is 4.57 Å². The van der Waals surface area contributed by atoms with E-state index in [-0.39, 0.29) is 5.78 Å². The number of hydrogen-bond donors (Lipinski definition) is 0. The smallest absolute Gasteiger partial charge is 0.321 e. The number of thiazole rings is 1. The number of aromatic nitrogens is 1. The van der Waals surface area contributed by atoms with Crippen molar-refractivity contribution in [1.82, 2.24) is 4.57 Å². The van der Waals surface area contributed by atoms with Crippen LogP contribution >= 0.6 is 11.3 Å². The van der Waals surface area contributed by atoms with Crippen molar-refractivity contribution in [2.24, 2.45) is 4.99 Å². The van der Waals surface area contributed by atoms with Gasteiger partial charge in [-0.3, -0.25) is 4.79 Å². The molecule has 3 nitrogen and oxygen atoms in total. The molecule has 0 bridgehead atoms. The normalized spacial score (nSPS) is 12.7. The molecular weight excluding hydrogens is 313 g/mol. The largest absolute Gasteiger partial charge is 0.416 e. The van der Waals surface area contributed by atoms with Crippen LogP contribution in [0.15, 0.2) is 29.3 Å². The highest BCUT2D eigenvalue weighted by Crippen LogP contribution is 2.30. The number of carbonyl (C=O) groups is 1. The van der Waals surface area contributed by atoms with Crippen molar-refractivity contribution in [2.75, 3.05) is 0 Å². The Morgan fingerprint density at radius 2 is 1.86 bits per heavy atom. The Bertz CT molecular complexity index is 755. The molecule has 22 heavy (non-hydrogen) atoms. The van der Waals surface area contributed by atoms with Crippen molar-refractivity contribution in [3.8, 4) is 0 Å². The lowest BCUT2D eigenvalue weighted by molar-refractivity contribution is -0.137. The Hall–Kier alpha value is -1.89. The lowest BCUT2D eigenvalue weighted by atomic mass is 10.2. The fourth-order valence-electron chi connectivity index (χ4n) is 2.10. The molecular formula is C15H15F3N2OS. The predicted octanol–water partition coefficient (Wildman–Crippen LogP) is 4.33. The van der Waals surface area contributed by atoms with Crippen LogP contribution in [0.3, 0.4) is 0 Å². The zero-order valence-corrected chi connectivity index (χ0v) is 13.2. The second kappa shape index (κ2) is 6.08. The van der Waals surface area contributed by atoms with Crippen molar-refractivity contribution < 1.29 is 18.0 Å². The highest BCUT2D eigenvalue weighted by atomic mass is 32.1. The molecule has 0 unspecified atom stereocenters. The van der Waals surface area contributed by atoms with Gasteiger partial charge in [-0.25, -0.2) is 4.99 Å². The van der Waals surface area contributed by atoms with Gasteiger partial charge in [0.25, 0.3) is 0 Å². The van der Waals surface area contributed by atoms with E-state index in [1.165, 1.54) is 30.4 Å². The minimum absolute atomic E-state index is 0.0430. The van der Waals surface area contributed by atoms with Crippen LogP contribution in [0.2, 0.25) is 0 Å². The number of alkyl halides is 3. The third-order valence-corrected chi connectivity index (χ3v) is 4.49. The molecule has 2 rings (SSSR count). The zero-order valence-electron chi connectivity index (χ0n) is 12.4. The van der Waals surface area contributed by atoms with Gasteiger partial charge >= 0.3 is 6.18 Å². The zero-order chi connectivity index (χ0) is 16.5. The van der Waals surface area contributed by atoms with Crippen molar-refractivity contribution in [3.63, 3.8) is 0 Å². The second-order valence-electron chi connectivity index (χ2n) is 4.76. The molecule has 0 saturated heterocycles. The number of carbonyl (C=O) groups excluding carboxylic acids is 1. The summed E-state index contributed by atoms with van der Waals surface area (Å²) >= 11 is 1.25. The molecule has 0 N–H and O–H groups in total. The Balaban J connectivity index is 2.49. The van der Waals surface area contributed by atoms with E-state index in [1.807, 2.05) is 18.4 Å². The van der Waals surface area contributed by atoms with E-state index in [2.05, 4.69) is 4.99 Å². The van der Waals surface area contributed by atoms with Gasteiger partial charge in [0.2, 0.25) is 0 Å². The molecule has 0 aliphatic rings. The quantitative estimate of drug-likeness (QED) is 0.772. The minimum atomic E-state index is -4.36. The Morgan fingerprint density at radius 3 is 2.32 bits per heavy atom. The van der Waals surface area contributed by atoms with Gasteiger partial charge in [0, 0.05) is 19.2 Å². The summed E-state index contributed by atoms with van der Waals surface area (Å²) in [6.45, 7) is 5.88. The lowest BCUT2D eigenvalue weighted by Gasteiger charge is -2.05. The fourth-order valence-corrected chi connectivity index (χ4v) is 3.22.